The minimum absolute atomic E-state index is 0.0549. The first-order chi connectivity index (χ1) is 8.59. The van der Waals surface area contributed by atoms with Crippen LogP contribution in [0.3, 0.4) is 0 Å². The van der Waals surface area contributed by atoms with E-state index in [1.54, 1.807) is 6.07 Å². The molecule has 3 N–H and O–H groups in total. The molecule has 0 aromatic heterocycles. The normalized spacial score (nSPS) is 14.2. The monoisotopic (exact) mass is 325 g/mol. The third-order valence-electron chi connectivity index (χ3n) is 2.92. The molecule has 0 aliphatic heterocycles. The fourth-order valence-corrected chi connectivity index (χ4v) is 3.11. The Morgan fingerprint density at radius 2 is 1.78 bits per heavy atom. The maximum atomic E-state index is 10.9. The zero-order chi connectivity index (χ0) is 13.2. The zero-order valence-corrected chi connectivity index (χ0v) is 11.9. The Labute approximate surface area is 120 Å². The number of benzene rings is 2. The zero-order valence-electron chi connectivity index (χ0n) is 9.61. The molecule has 2 aromatic rings. The topological polar surface area (TPSA) is 46.2 Å². The molecule has 1 atom stereocenters. The Kier molecular flexibility index (Phi) is 4.07. The van der Waals surface area contributed by atoms with Crippen LogP contribution < -0.4 is 5.73 Å². The minimum Gasteiger partial charge on any atom is -0.379 e. The van der Waals surface area contributed by atoms with Gasteiger partial charge in [-0.3, -0.25) is 0 Å². The van der Waals surface area contributed by atoms with Gasteiger partial charge in [-0.25, -0.2) is 0 Å². The van der Waals surface area contributed by atoms with E-state index in [9.17, 15) is 5.11 Å². The van der Waals surface area contributed by atoms with Crippen LogP contribution in [0.2, 0.25) is 5.02 Å². The van der Waals surface area contributed by atoms with Gasteiger partial charge in [0.05, 0.1) is 0 Å². The maximum Gasteiger partial charge on any atom is 0.129 e. The van der Waals surface area contributed by atoms with Crippen molar-refractivity contribution in [1.82, 2.24) is 0 Å². The highest BCUT2D eigenvalue weighted by atomic mass is 79.9. The number of hydrogen-bond donors (Lipinski definition) is 2. The molecular weight excluding hydrogens is 314 g/mol. The first kappa shape index (κ1) is 13.6. The van der Waals surface area contributed by atoms with Crippen LogP contribution in [0.1, 0.15) is 11.1 Å². The van der Waals surface area contributed by atoms with Crippen molar-refractivity contribution >= 4 is 27.5 Å². The maximum absolute atomic E-state index is 10.9. The van der Waals surface area contributed by atoms with Gasteiger partial charge in [-0.2, -0.15) is 0 Å². The molecule has 0 bridgehead atoms. The summed E-state index contributed by atoms with van der Waals surface area (Å²) in [6, 6.07) is 14.7. The molecule has 2 nitrogen and oxygen atoms in total. The molecule has 0 radical (unpaired) electrons. The predicted molar refractivity (Wildman–Crippen MR) is 77.6 cm³/mol. The van der Waals surface area contributed by atoms with Crippen LogP contribution in [-0.2, 0) is 5.60 Å². The highest BCUT2D eigenvalue weighted by Gasteiger charge is 2.33. The van der Waals surface area contributed by atoms with Gasteiger partial charge in [0.2, 0.25) is 0 Å². The smallest absolute Gasteiger partial charge is 0.129 e. The van der Waals surface area contributed by atoms with Crippen LogP contribution >= 0.6 is 27.5 Å². The van der Waals surface area contributed by atoms with E-state index in [-0.39, 0.29) is 6.54 Å². The first-order valence-corrected chi connectivity index (χ1v) is 6.69. The fraction of sp³-hybridized carbons (Fsp3) is 0.143. The number of nitrogens with two attached hydrogens (primary N) is 1. The van der Waals surface area contributed by atoms with Gasteiger partial charge in [0.25, 0.3) is 0 Å². The highest BCUT2D eigenvalue weighted by Crippen LogP contribution is 2.38. The van der Waals surface area contributed by atoms with Crippen molar-refractivity contribution in [2.75, 3.05) is 6.54 Å². The molecule has 94 valence electrons. The van der Waals surface area contributed by atoms with Crippen LogP contribution in [0.25, 0.3) is 0 Å². The summed E-state index contributed by atoms with van der Waals surface area (Å²) in [6.07, 6.45) is 0. The summed E-state index contributed by atoms with van der Waals surface area (Å²) in [5.41, 5.74) is 5.81. The van der Waals surface area contributed by atoms with Gasteiger partial charge in [-0.15, -0.1) is 0 Å². The molecule has 0 fully saturated rings. The molecule has 0 aliphatic carbocycles. The molecule has 2 rings (SSSR count). The SMILES string of the molecule is NCC(O)(c1ccccc1)c1c(Cl)cccc1Br. The van der Waals surface area contributed by atoms with Crippen LogP contribution in [0.15, 0.2) is 53.0 Å². The summed E-state index contributed by atoms with van der Waals surface area (Å²) in [6.45, 7) is 0.0549. The van der Waals surface area contributed by atoms with Gasteiger partial charge in [0.15, 0.2) is 0 Å². The van der Waals surface area contributed by atoms with E-state index >= 15 is 0 Å². The lowest BCUT2D eigenvalue weighted by Crippen LogP contribution is -2.36. The summed E-state index contributed by atoms with van der Waals surface area (Å²) in [5.74, 6) is 0. The summed E-state index contributed by atoms with van der Waals surface area (Å²) in [7, 11) is 0. The third-order valence-corrected chi connectivity index (χ3v) is 3.90. The highest BCUT2D eigenvalue weighted by molar-refractivity contribution is 9.10. The lowest BCUT2D eigenvalue weighted by molar-refractivity contribution is 0.0896. The van der Waals surface area contributed by atoms with E-state index in [1.807, 2.05) is 42.5 Å². The molecule has 4 heteroatoms. The van der Waals surface area contributed by atoms with E-state index < -0.39 is 5.60 Å². The van der Waals surface area contributed by atoms with Crippen molar-refractivity contribution < 1.29 is 5.11 Å². The van der Waals surface area contributed by atoms with Crippen molar-refractivity contribution in [2.45, 2.75) is 5.60 Å². The molecular formula is C14H13BrClNO. The van der Waals surface area contributed by atoms with E-state index in [4.69, 9.17) is 17.3 Å². The fourth-order valence-electron chi connectivity index (χ4n) is 1.97. The molecule has 0 saturated carbocycles. The standard InChI is InChI=1S/C14H13BrClNO/c15-11-7-4-8-12(16)13(11)14(18,9-17)10-5-2-1-3-6-10/h1-8,18H,9,17H2. The van der Waals surface area contributed by atoms with Gasteiger partial charge >= 0.3 is 0 Å². The quantitative estimate of drug-likeness (QED) is 0.909. The number of aliphatic hydroxyl groups is 1. The van der Waals surface area contributed by atoms with Gasteiger partial charge < -0.3 is 10.8 Å². The van der Waals surface area contributed by atoms with Crippen molar-refractivity contribution in [2.24, 2.45) is 5.73 Å². The molecule has 0 aliphatic rings. The lowest BCUT2D eigenvalue weighted by Gasteiger charge is -2.29. The third kappa shape index (κ3) is 2.31. The van der Waals surface area contributed by atoms with Crippen LogP contribution in [0.5, 0.6) is 0 Å². The average molecular weight is 327 g/mol. The average Bonchev–Trinajstić information content (AvgIpc) is 2.39. The molecule has 1 unspecified atom stereocenters. The molecule has 0 saturated heterocycles. The van der Waals surface area contributed by atoms with Crippen molar-refractivity contribution in [3.63, 3.8) is 0 Å². The largest absolute Gasteiger partial charge is 0.379 e. The first-order valence-electron chi connectivity index (χ1n) is 5.52. The van der Waals surface area contributed by atoms with Gasteiger partial charge in [-0.05, 0) is 17.7 Å². The summed E-state index contributed by atoms with van der Waals surface area (Å²) < 4.78 is 0.742. The Bertz CT molecular complexity index is 526. The van der Waals surface area contributed by atoms with Gasteiger partial charge in [0, 0.05) is 21.6 Å². The van der Waals surface area contributed by atoms with Crippen molar-refractivity contribution in [3.8, 4) is 0 Å². The second kappa shape index (κ2) is 5.41. The van der Waals surface area contributed by atoms with E-state index in [0.717, 1.165) is 10.0 Å². The molecule has 2 aromatic carbocycles. The Morgan fingerprint density at radius 3 is 2.33 bits per heavy atom. The molecule has 0 spiro atoms. The summed E-state index contributed by atoms with van der Waals surface area (Å²) >= 11 is 9.62. The van der Waals surface area contributed by atoms with Crippen LogP contribution in [-0.4, -0.2) is 11.7 Å². The summed E-state index contributed by atoms with van der Waals surface area (Å²) in [5, 5.41) is 11.4. The van der Waals surface area contributed by atoms with Gasteiger partial charge in [-0.1, -0.05) is 63.9 Å². The van der Waals surface area contributed by atoms with Crippen LogP contribution in [0.4, 0.5) is 0 Å². The van der Waals surface area contributed by atoms with E-state index in [2.05, 4.69) is 15.9 Å². The predicted octanol–water partition coefficient (Wildman–Crippen LogP) is 3.30. The Balaban J connectivity index is 2.65. The Hall–Kier alpha value is -0.870. The van der Waals surface area contributed by atoms with E-state index in [1.165, 1.54) is 0 Å². The van der Waals surface area contributed by atoms with Crippen molar-refractivity contribution in [3.05, 3.63) is 69.2 Å². The minimum atomic E-state index is -1.29. The Morgan fingerprint density at radius 1 is 1.11 bits per heavy atom. The van der Waals surface area contributed by atoms with E-state index in [0.29, 0.717) is 10.6 Å². The summed E-state index contributed by atoms with van der Waals surface area (Å²) in [4.78, 5) is 0. The second-order valence-electron chi connectivity index (χ2n) is 4.03. The lowest BCUT2D eigenvalue weighted by atomic mass is 9.86. The number of hydrogen-bond acceptors (Lipinski definition) is 2. The van der Waals surface area contributed by atoms with Gasteiger partial charge in [0.1, 0.15) is 5.60 Å². The van der Waals surface area contributed by atoms with Crippen LogP contribution in [0, 0.1) is 0 Å². The number of rotatable bonds is 3. The molecule has 0 amide bonds. The molecule has 18 heavy (non-hydrogen) atoms. The van der Waals surface area contributed by atoms with Crippen molar-refractivity contribution in [1.29, 1.82) is 0 Å². The second-order valence-corrected chi connectivity index (χ2v) is 5.29. The number of halogens is 2. The molecule has 0 heterocycles.